The molecule has 0 saturated heterocycles. The van der Waals surface area contributed by atoms with E-state index in [4.69, 9.17) is 8.85 Å². The molecule has 0 radical (unpaired) electrons. The Kier molecular flexibility index (Phi) is 4.25. The first kappa shape index (κ1) is 11.4. The average Bonchev–Trinajstić information content (AvgIpc) is 2.20. The van der Waals surface area contributed by atoms with Gasteiger partial charge in [0.1, 0.15) is 0 Å². The van der Waals surface area contributed by atoms with E-state index in [0.717, 1.165) is 5.19 Å². The Balaban J connectivity index is 2.87. The van der Waals surface area contributed by atoms with E-state index in [1.807, 2.05) is 26.0 Å². The molecule has 0 amide bonds. The maximum atomic E-state index is 5.74. The fourth-order valence-electron chi connectivity index (χ4n) is 1.41. The van der Waals surface area contributed by atoms with Crippen molar-refractivity contribution in [3.8, 4) is 0 Å². The molecule has 4 heteroatoms. The Bertz CT molecular complexity index is 260. The fraction of sp³-hybridized carbons (Fsp3) is 0.500. The highest BCUT2D eigenvalue weighted by Crippen LogP contribution is 2.06. The van der Waals surface area contributed by atoms with Gasteiger partial charge in [-0.15, -0.1) is 0 Å². The Morgan fingerprint density at radius 2 is 1.64 bits per heavy atom. The molecule has 0 aliphatic heterocycles. The Hall–Kier alpha value is -0.713. The lowest BCUT2D eigenvalue weighted by Gasteiger charge is -2.25. The summed E-state index contributed by atoms with van der Waals surface area (Å²) in [4.78, 5) is 3.99. The molecule has 0 aliphatic rings. The molecular weight excluding hydrogens is 194 g/mol. The summed E-state index contributed by atoms with van der Waals surface area (Å²) in [7, 11) is -2.17. The van der Waals surface area contributed by atoms with E-state index in [0.29, 0.717) is 13.2 Å². The summed E-state index contributed by atoms with van der Waals surface area (Å²) >= 11 is 0. The summed E-state index contributed by atoms with van der Waals surface area (Å²) in [6.07, 6.45) is 3.55. The van der Waals surface area contributed by atoms with E-state index in [1.54, 1.807) is 12.4 Å². The Morgan fingerprint density at radius 3 is 2.07 bits per heavy atom. The first-order valence-corrected chi connectivity index (χ1v) is 7.23. The van der Waals surface area contributed by atoms with Gasteiger partial charge in [-0.2, -0.15) is 0 Å². The minimum atomic E-state index is -2.17. The van der Waals surface area contributed by atoms with Crippen LogP contribution in [0.2, 0.25) is 6.55 Å². The van der Waals surface area contributed by atoms with Crippen molar-refractivity contribution in [3.05, 3.63) is 24.5 Å². The van der Waals surface area contributed by atoms with Crippen LogP contribution < -0.4 is 5.19 Å². The van der Waals surface area contributed by atoms with Crippen LogP contribution in [0.4, 0.5) is 0 Å². The summed E-state index contributed by atoms with van der Waals surface area (Å²) in [6.45, 7) is 7.42. The zero-order valence-corrected chi connectivity index (χ0v) is 9.99. The lowest BCUT2D eigenvalue weighted by Crippen LogP contribution is -2.51. The third-order valence-corrected chi connectivity index (χ3v) is 5.11. The topological polar surface area (TPSA) is 31.4 Å². The van der Waals surface area contributed by atoms with Crippen molar-refractivity contribution in [2.75, 3.05) is 13.2 Å². The van der Waals surface area contributed by atoms with Gasteiger partial charge in [0.15, 0.2) is 0 Å². The van der Waals surface area contributed by atoms with E-state index >= 15 is 0 Å². The van der Waals surface area contributed by atoms with Crippen molar-refractivity contribution in [2.24, 2.45) is 0 Å². The minimum Gasteiger partial charge on any atom is -0.391 e. The first-order valence-electron chi connectivity index (χ1n) is 4.91. The van der Waals surface area contributed by atoms with E-state index in [-0.39, 0.29) is 0 Å². The van der Waals surface area contributed by atoms with Crippen LogP contribution in [0.1, 0.15) is 13.8 Å². The summed E-state index contributed by atoms with van der Waals surface area (Å²) in [5.74, 6) is 0. The molecule has 0 spiro atoms. The molecule has 78 valence electrons. The largest absolute Gasteiger partial charge is 0.391 e. The van der Waals surface area contributed by atoms with E-state index in [2.05, 4.69) is 11.5 Å². The molecule has 0 N–H and O–H groups in total. The van der Waals surface area contributed by atoms with Gasteiger partial charge in [-0.3, -0.25) is 4.98 Å². The minimum absolute atomic E-state index is 0.686. The highest BCUT2D eigenvalue weighted by molar-refractivity contribution is 6.79. The van der Waals surface area contributed by atoms with E-state index in [9.17, 15) is 0 Å². The van der Waals surface area contributed by atoms with Crippen LogP contribution in [-0.4, -0.2) is 26.8 Å². The molecule has 0 atom stereocenters. The van der Waals surface area contributed by atoms with Crippen molar-refractivity contribution < 1.29 is 8.85 Å². The summed E-state index contributed by atoms with van der Waals surface area (Å²) in [5.41, 5.74) is 0. The quantitative estimate of drug-likeness (QED) is 0.691. The standard InChI is InChI=1S/C10H17NO2Si/c1-4-12-14(3,13-5-2)10-6-8-11-9-7-10/h6-9H,4-5H2,1-3H3. The van der Waals surface area contributed by atoms with Gasteiger partial charge in [-0.1, -0.05) is 0 Å². The van der Waals surface area contributed by atoms with Gasteiger partial charge in [-0.05, 0) is 37.7 Å². The van der Waals surface area contributed by atoms with Crippen molar-refractivity contribution in [1.82, 2.24) is 4.98 Å². The van der Waals surface area contributed by atoms with Crippen LogP contribution in [0.3, 0.4) is 0 Å². The van der Waals surface area contributed by atoms with Gasteiger partial charge in [0.25, 0.3) is 0 Å². The SMILES string of the molecule is CCO[Si](C)(OCC)c1ccncc1. The number of rotatable bonds is 5. The third kappa shape index (κ3) is 2.64. The van der Waals surface area contributed by atoms with Gasteiger partial charge in [0.05, 0.1) is 0 Å². The second-order valence-electron chi connectivity index (χ2n) is 3.05. The number of nitrogens with zero attached hydrogens (tertiary/aromatic N) is 1. The maximum Gasteiger partial charge on any atom is 0.369 e. The van der Waals surface area contributed by atoms with Crippen molar-refractivity contribution >= 4 is 13.7 Å². The van der Waals surface area contributed by atoms with Crippen LogP contribution in [0.5, 0.6) is 0 Å². The van der Waals surface area contributed by atoms with Gasteiger partial charge in [0.2, 0.25) is 0 Å². The second kappa shape index (κ2) is 5.24. The molecule has 1 aromatic heterocycles. The lowest BCUT2D eigenvalue weighted by atomic mass is 10.5. The van der Waals surface area contributed by atoms with Gasteiger partial charge in [0, 0.05) is 25.6 Å². The number of hydrogen-bond acceptors (Lipinski definition) is 3. The average molecular weight is 211 g/mol. The van der Waals surface area contributed by atoms with Crippen molar-refractivity contribution in [1.29, 1.82) is 0 Å². The first-order chi connectivity index (χ1) is 6.73. The summed E-state index contributed by atoms with van der Waals surface area (Å²) < 4.78 is 11.5. The molecular formula is C10H17NO2Si. The molecule has 0 fully saturated rings. The van der Waals surface area contributed by atoms with Gasteiger partial charge >= 0.3 is 8.56 Å². The molecule has 3 nitrogen and oxygen atoms in total. The van der Waals surface area contributed by atoms with Crippen molar-refractivity contribution in [2.45, 2.75) is 20.4 Å². The second-order valence-corrected chi connectivity index (χ2v) is 6.09. The van der Waals surface area contributed by atoms with Gasteiger partial charge in [-0.25, -0.2) is 0 Å². The number of pyridine rings is 1. The van der Waals surface area contributed by atoms with Gasteiger partial charge < -0.3 is 8.85 Å². The highest BCUT2D eigenvalue weighted by atomic mass is 28.4. The molecule has 1 aromatic rings. The fourth-order valence-corrected chi connectivity index (χ4v) is 3.69. The van der Waals surface area contributed by atoms with Crippen LogP contribution in [0.25, 0.3) is 0 Å². The van der Waals surface area contributed by atoms with Crippen molar-refractivity contribution in [3.63, 3.8) is 0 Å². The number of hydrogen-bond donors (Lipinski definition) is 0. The van der Waals surface area contributed by atoms with E-state index in [1.165, 1.54) is 0 Å². The molecule has 0 bridgehead atoms. The Labute approximate surface area is 86.3 Å². The van der Waals surface area contributed by atoms with Crippen LogP contribution >= 0.6 is 0 Å². The molecule has 0 unspecified atom stereocenters. The van der Waals surface area contributed by atoms with Crippen LogP contribution in [0.15, 0.2) is 24.5 Å². The smallest absolute Gasteiger partial charge is 0.369 e. The monoisotopic (exact) mass is 211 g/mol. The molecule has 1 heterocycles. The summed E-state index contributed by atoms with van der Waals surface area (Å²) in [6, 6.07) is 3.94. The van der Waals surface area contributed by atoms with Crippen LogP contribution in [0, 0.1) is 0 Å². The normalized spacial score (nSPS) is 11.6. The maximum absolute atomic E-state index is 5.74. The summed E-state index contributed by atoms with van der Waals surface area (Å²) in [5, 5.41) is 1.14. The predicted molar refractivity (Wildman–Crippen MR) is 58.7 cm³/mol. The molecule has 0 aromatic carbocycles. The Morgan fingerprint density at radius 1 is 1.14 bits per heavy atom. The van der Waals surface area contributed by atoms with E-state index < -0.39 is 8.56 Å². The highest BCUT2D eigenvalue weighted by Gasteiger charge is 2.33. The molecule has 0 aliphatic carbocycles. The molecule has 0 saturated carbocycles. The third-order valence-electron chi connectivity index (χ3n) is 2.04. The zero-order chi connectivity index (χ0) is 10.4. The molecule has 1 rings (SSSR count). The predicted octanol–water partition coefficient (Wildman–Crippen LogP) is 1.43. The molecule has 14 heavy (non-hydrogen) atoms. The number of aromatic nitrogens is 1. The lowest BCUT2D eigenvalue weighted by molar-refractivity contribution is 0.202. The van der Waals surface area contributed by atoms with Crippen LogP contribution in [-0.2, 0) is 8.85 Å². The zero-order valence-electron chi connectivity index (χ0n) is 8.99.